The average Bonchev–Trinajstić information content (AvgIpc) is 3.46. The predicted molar refractivity (Wildman–Crippen MR) is 130 cm³/mol. The Labute approximate surface area is 204 Å². The molecule has 1 aromatic carbocycles. The Bertz CT molecular complexity index is 1130. The number of aromatic nitrogens is 3. The van der Waals surface area contributed by atoms with E-state index in [9.17, 15) is 4.79 Å². The molecule has 182 valence electrons. The molecule has 0 bridgehead atoms. The van der Waals surface area contributed by atoms with Gasteiger partial charge in [-0.3, -0.25) is 14.6 Å². The smallest absolute Gasteiger partial charge is 0.241 e. The van der Waals surface area contributed by atoms with Crippen LogP contribution < -0.4 is 5.32 Å². The Hall–Kier alpha value is -2.46. The molecule has 2 aliphatic heterocycles. The van der Waals surface area contributed by atoms with Gasteiger partial charge in [-0.2, -0.15) is 4.98 Å². The number of nitrogens with one attached hydrogen (secondary N) is 1. The summed E-state index contributed by atoms with van der Waals surface area (Å²) in [7, 11) is 1.67. The minimum Gasteiger partial charge on any atom is -0.381 e. The maximum atomic E-state index is 11.6. The summed E-state index contributed by atoms with van der Waals surface area (Å²) < 4.78 is 13.4. The van der Waals surface area contributed by atoms with E-state index in [4.69, 9.17) is 25.8 Å². The molecular formula is C24H31ClN6O3. The lowest BCUT2D eigenvalue weighted by Crippen LogP contribution is -2.48. The standard InChI is InChI=1S/C24H31ClN6O3/c1-26-21(32)15-29-7-9-30(10-8-29)16-22-27-24(28-34-22)19-14-31(13-17-5-11-33-12-6-17)23-18(19)3-2-4-20(23)25/h2-4,14,17H,5-13,15-16H2,1H3,(H,26,32). The summed E-state index contributed by atoms with van der Waals surface area (Å²) in [6, 6.07) is 5.96. The van der Waals surface area contributed by atoms with E-state index in [0.717, 1.165) is 80.3 Å². The van der Waals surface area contributed by atoms with E-state index in [1.54, 1.807) is 7.05 Å². The highest BCUT2D eigenvalue weighted by Crippen LogP contribution is 2.34. The molecule has 10 heteroatoms. The van der Waals surface area contributed by atoms with Crippen molar-refractivity contribution in [1.29, 1.82) is 0 Å². The number of likely N-dealkylation sites (N-methyl/N-ethyl adjacent to an activating group) is 1. The summed E-state index contributed by atoms with van der Waals surface area (Å²) in [5, 5.41) is 8.75. The highest BCUT2D eigenvalue weighted by molar-refractivity contribution is 6.35. The van der Waals surface area contributed by atoms with Gasteiger partial charge < -0.3 is 19.1 Å². The molecule has 3 aromatic rings. The highest BCUT2D eigenvalue weighted by Gasteiger charge is 2.23. The second kappa shape index (κ2) is 10.4. The van der Waals surface area contributed by atoms with Gasteiger partial charge in [0.25, 0.3) is 0 Å². The molecule has 4 heterocycles. The molecule has 1 N–H and O–H groups in total. The van der Waals surface area contributed by atoms with Gasteiger partial charge in [-0.15, -0.1) is 0 Å². The van der Waals surface area contributed by atoms with Crippen LogP contribution in [-0.4, -0.2) is 83.4 Å². The zero-order chi connectivity index (χ0) is 23.5. The number of para-hydroxylation sites is 1. The van der Waals surface area contributed by atoms with Gasteiger partial charge in [0, 0.05) is 70.1 Å². The molecule has 0 spiro atoms. The molecule has 2 saturated heterocycles. The average molecular weight is 487 g/mol. The third-order valence-electron chi connectivity index (χ3n) is 6.82. The summed E-state index contributed by atoms with van der Waals surface area (Å²) in [5.74, 6) is 1.80. The van der Waals surface area contributed by atoms with Crippen molar-refractivity contribution < 1.29 is 14.1 Å². The number of rotatable bonds is 7. The first-order valence-electron chi connectivity index (χ1n) is 11.9. The second-order valence-electron chi connectivity index (χ2n) is 9.12. The van der Waals surface area contributed by atoms with Crippen molar-refractivity contribution >= 4 is 28.4 Å². The summed E-state index contributed by atoms with van der Waals surface area (Å²) in [5.41, 5.74) is 1.96. The number of nitrogens with zero attached hydrogens (tertiary/aromatic N) is 5. The fourth-order valence-corrected chi connectivity index (χ4v) is 5.13. The van der Waals surface area contributed by atoms with Crippen LogP contribution >= 0.6 is 11.6 Å². The number of carbonyl (C=O) groups is 1. The van der Waals surface area contributed by atoms with Gasteiger partial charge >= 0.3 is 0 Å². The lowest BCUT2D eigenvalue weighted by molar-refractivity contribution is -0.122. The van der Waals surface area contributed by atoms with Crippen LogP contribution in [0.1, 0.15) is 18.7 Å². The SMILES string of the molecule is CNC(=O)CN1CCN(Cc2nc(-c3cn(CC4CCOCC4)c4c(Cl)cccc34)no2)CC1. The van der Waals surface area contributed by atoms with E-state index in [1.807, 2.05) is 12.1 Å². The molecule has 0 atom stereocenters. The maximum absolute atomic E-state index is 11.6. The minimum atomic E-state index is 0.0473. The summed E-state index contributed by atoms with van der Waals surface area (Å²) in [4.78, 5) is 20.8. The largest absolute Gasteiger partial charge is 0.381 e. The van der Waals surface area contributed by atoms with E-state index in [1.165, 1.54) is 0 Å². The van der Waals surface area contributed by atoms with E-state index < -0.39 is 0 Å². The summed E-state index contributed by atoms with van der Waals surface area (Å²) >= 11 is 6.62. The number of amides is 1. The second-order valence-corrected chi connectivity index (χ2v) is 9.53. The first-order valence-corrected chi connectivity index (χ1v) is 12.3. The Kier molecular flexibility index (Phi) is 7.15. The molecule has 2 fully saturated rings. The maximum Gasteiger partial charge on any atom is 0.241 e. The first kappa shape index (κ1) is 23.3. The molecule has 5 rings (SSSR count). The van der Waals surface area contributed by atoms with Crippen molar-refractivity contribution in [1.82, 2.24) is 29.8 Å². The number of ether oxygens (including phenoxy) is 1. The van der Waals surface area contributed by atoms with Gasteiger partial charge in [-0.25, -0.2) is 0 Å². The predicted octanol–water partition coefficient (Wildman–Crippen LogP) is 2.63. The van der Waals surface area contributed by atoms with Gasteiger partial charge in [0.1, 0.15) is 0 Å². The van der Waals surface area contributed by atoms with Crippen molar-refractivity contribution in [3.63, 3.8) is 0 Å². The highest BCUT2D eigenvalue weighted by atomic mass is 35.5. The van der Waals surface area contributed by atoms with Crippen LogP contribution in [0.3, 0.4) is 0 Å². The molecule has 9 nitrogen and oxygen atoms in total. The summed E-state index contributed by atoms with van der Waals surface area (Å²) in [6.07, 6.45) is 4.22. The quantitative estimate of drug-likeness (QED) is 0.549. The first-order chi connectivity index (χ1) is 16.6. The van der Waals surface area contributed by atoms with Crippen LogP contribution in [0, 0.1) is 5.92 Å². The van der Waals surface area contributed by atoms with Crippen LogP contribution in [0.4, 0.5) is 0 Å². The van der Waals surface area contributed by atoms with E-state index in [2.05, 4.69) is 37.1 Å². The van der Waals surface area contributed by atoms with Crippen LogP contribution in [0.2, 0.25) is 5.02 Å². The van der Waals surface area contributed by atoms with Crippen molar-refractivity contribution in [2.45, 2.75) is 25.9 Å². The zero-order valence-electron chi connectivity index (χ0n) is 19.5. The van der Waals surface area contributed by atoms with Crippen molar-refractivity contribution in [3.05, 3.63) is 35.3 Å². The Morgan fingerprint density at radius 2 is 1.94 bits per heavy atom. The number of carbonyl (C=O) groups excluding carboxylic acids is 1. The minimum absolute atomic E-state index is 0.0473. The Morgan fingerprint density at radius 1 is 1.18 bits per heavy atom. The molecule has 0 saturated carbocycles. The van der Waals surface area contributed by atoms with Gasteiger partial charge in [0.05, 0.1) is 23.6 Å². The van der Waals surface area contributed by atoms with Crippen LogP contribution in [0.5, 0.6) is 0 Å². The van der Waals surface area contributed by atoms with Crippen LogP contribution in [-0.2, 0) is 22.6 Å². The molecule has 0 radical (unpaired) electrons. The third-order valence-corrected chi connectivity index (χ3v) is 7.13. The Morgan fingerprint density at radius 3 is 2.71 bits per heavy atom. The number of fused-ring (bicyclic) bond motifs is 1. The number of hydrogen-bond donors (Lipinski definition) is 1. The van der Waals surface area contributed by atoms with E-state index in [0.29, 0.717) is 30.7 Å². The zero-order valence-corrected chi connectivity index (χ0v) is 20.3. The Balaban J connectivity index is 1.30. The third kappa shape index (κ3) is 5.12. The topological polar surface area (TPSA) is 88.7 Å². The molecular weight excluding hydrogens is 456 g/mol. The monoisotopic (exact) mass is 486 g/mol. The summed E-state index contributed by atoms with van der Waals surface area (Å²) in [6.45, 7) is 6.96. The fraction of sp³-hybridized carbons (Fsp3) is 0.542. The lowest BCUT2D eigenvalue weighted by Gasteiger charge is -2.33. The molecule has 0 unspecified atom stereocenters. The van der Waals surface area contributed by atoms with E-state index >= 15 is 0 Å². The fourth-order valence-electron chi connectivity index (χ4n) is 4.85. The number of halogens is 1. The van der Waals surface area contributed by atoms with E-state index in [-0.39, 0.29) is 5.91 Å². The normalized spacial score (nSPS) is 18.5. The lowest BCUT2D eigenvalue weighted by atomic mass is 10.0. The van der Waals surface area contributed by atoms with Crippen molar-refractivity contribution in [2.75, 3.05) is 53.0 Å². The van der Waals surface area contributed by atoms with Gasteiger partial charge in [-0.1, -0.05) is 28.9 Å². The van der Waals surface area contributed by atoms with Crippen molar-refractivity contribution in [2.24, 2.45) is 5.92 Å². The number of benzene rings is 1. The van der Waals surface area contributed by atoms with Crippen molar-refractivity contribution in [3.8, 4) is 11.4 Å². The molecule has 1 amide bonds. The van der Waals surface area contributed by atoms with Gasteiger partial charge in [-0.05, 0) is 24.8 Å². The molecule has 2 aromatic heterocycles. The number of hydrogen-bond acceptors (Lipinski definition) is 7. The van der Waals surface area contributed by atoms with Gasteiger partial charge in [0.15, 0.2) is 0 Å². The number of piperazine rings is 1. The molecule has 0 aliphatic carbocycles. The van der Waals surface area contributed by atoms with Gasteiger partial charge in [0.2, 0.25) is 17.6 Å². The van der Waals surface area contributed by atoms with Crippen LogP contribution in [0.15, 0.2) is 28.9 Å². The van der Waals surface area contributed by atoms with Crippen LogP contribution in [0.25, 0.3) is 22.3 Å². The molecule has 2 aliphatic rings. The molecule has 34 heavy (non-hydrogen) atoms.